The predicted octanol–water partition coefficient (Wildman–Crippen LogP) is 4.30. The van der Waals surface area contributed by atoms with Gasteiger partial charge < -0.3 is 35.6 Å². The fourth-order valence-corrected chi connectivity index (χ4v) is 5.80. The number of nitrogens with two attached hydrogens (primary N) is 1. The van der Waals surface area contributed by atoms with Crippen LogP contribution in [0, 0.1) is 41.4 Å². The summed E-state index contributed by atoms with van der Waals surface area (Å²) in [6.07, 6.45) is 6.04. The molecule has 13 atom stereocenters. The molecule has 0 radical (unpaired) electrons. The molecule has 1 unspecified atom stereocenters. The highest BCUT2D eigenvalue weighted by Crippen LogP contribution is 2.30. The van der Waals surface area contributed by atoms with Crippen molar-refractivity contribution >= 4 is 12.1 Å². The van der Waals surface area contributed by atoms with E-state index in [1.807, 2.05) is 53.7 Å². The minimum atomic E-state index is -0.894. The Morgan fingerprint density at radius 3 is 2.21 bits per heavy atom. The number of ether oxygens (including phenoxy) is 2. The van der Waals surface area contributed by atoms with Gasteiger partial charge in [-0.2, -0.15) is 0 Å². The number of rotatable bonds is 16. The average Bonchev–Trinajstić information content (AvgIpc) is 2.93. The van der Waals surface area contributed by atoms with Crippen molar-refractivity contribution in [2.45, 2.75) is 105 Å². The molecule has 42 heavy (non-hydrogen) atoms. The molecule has 1 rings (SSSR count). The Balaban J connectivity index is 2.76. The van der Waals surface area contributed by atoms with Crippen LogP contribution in [0.1, 0.15) is 68.2 Å². The third-order valence-corrected chi connectivity index (χ3v) is 8.62. The van der Waals surface area contributed by atoms with Crippen LogP contribution >= 0.6 is 0 Å². The lowest BCUT2D eigenvalue weighted by Crippen LogP contribution is -2.47. The zero-order valence-corrected chi connectivity index (χ0v) is 26.6. The van der Waals surface area contributed by atoms with Gasteiger partial charge in [-0.25, -0.2) is 4.79 Å². The molecule has 9 nitrogen and oxygen atoms in total. The molecule has 0 saturated carbocycles. The first-order valence-corrected chi connectivity index (χ1v) is 15.0. The van der Waals surface area contributed by atoms with Gasteiger partial charge in [0.25, 0.3) is 0 Å². The molecule has 1 heterocycles. The number of carbonyl (C=O) groups excluding carboxylic acids is 2. The van der Waals surface area contributed by atoms with Crippen LogP contribution in [0.2, 0.25) is 0 Å². The quantitative estimate of drug-likeness (QED) is 0.101. The smallest absolute Gasteiger partial charge is 0.404 e. The van der Waals surface area contributed by atoms with Gasteiger partial charge in [0.05, 0.1) is 30.3 Å². The molecular weight excluding hydrogens is 538 g/mol. The van der Waals surface area contributed by atoms with Gasteiger partial charge in [-0.05, 0) is 26.2 Å². The fraction of sp³-hybridized carbons (Fsp3) is 0.697. The van der Waals surface area contributed by atoms with E-state index in [2.05, 4.69) is 6.58 Å². The standard InChI is InChI=1S/C33H55NO8/c1-10-11-12-20(4)31(42-33(34)40)24(8)29(37)22(6)16-18(2)15-21(5)28(36)19(3)13-14-26(35)17-27-23(7)30(38)25(9)32(39)41-27/h10-15,19-31,35-38H,1,16-17H2,2-9H3,(H2,34,40)/t19-,20-,21?,22-,23-,24-,25+,26+,27-,28-,29+,30-,31-/m0/s1. The van der Waals surface area contributed by atoms with Crippen molar-refractivity contribution < 1.29 is 39.5 Å². The Bertz CT molecular complexity index is 962. The molecule has 1 fully saturated rings. The molecular formula is C33H55NO8. The molecule has 1 aliphatic rings. The number of cyclic esters (lactones) is 1. The van der Waals surface area contributed by atoms with E-state index in [0.29, 0.717) is 6.42 Å². The van der Waals surface area contributed by atoms with E-state index in [-0.39, 0.29) is 41.9 Å². The molecule has 6 N–H and O–H groups in total. The summed E-state index contributed by atoms with van der Waals surface area (Å²) in [5.74, 6) is -2.52. The van der Waals surface area contributed by atoms with E-state index in [0.717, 1.165) is 5.57 Å². The zero-order valence-electron chi connectivity index (χ0n) is 26.6. The Hall–Kier alpha value is -2.46. The summed E-state index contributed by atoms with van der Waals surface area (Å²) in [6, 6.07) is 0. The van der Waals surface area contributed by atoms with Crippen molar-refractivity contribution in [1.82, 2.24) is 0 Å². The number of primary amides is 1. The first-order chi connectivity index (χ1) is 19.5. The molecule has 240 valence electrons. The van der Waals surface area contributed by atoms with Crippen LogP contribution in [0.3, 0.4) is 0 Å². The van der Waals surface area contributed by atoms with Crippen LogP contribution in [-0.2, 0) is 14.3 Å². The van der Waals surface area contributed by atoms with Gasteiger partial charge in [0.2, 0.25) is 0 Å². The van der Waals surface area contributed by atoms with Crippen LogP contribution in [0.5, 0.6) is 0 Å². The van der Waals surface area contributed by atoms with Crippen molar-refractivity contribution in [2.24, 2.45) is 47.2 Å². The number of esters is 1. The Morgan fingerprint density at radius 1 is 1.02 bits per heavy atom. The lowest BCUT2D eigenvalue weighted by atomic mass is 9.81. The van der Waals surface area contributed by atoms with E-state index in [1.165, 1.54) is 0 Å². The largest absolute Gasteiger partial charge is 0.462 e. The number of hydrogen-bond donors (Lipinski definition) is 5. The SMILES string of the molecule is C=CC=C[C@H](C)[C@H](OC(N)=O)[C@@H](C)[C@H](O)[C@@H](C)CC(C)=CC(C)[C@@H](O)[C@@H](C)C=C[C@@H](O)C[C@@H]1OC(=O)[C@H](C)[C@@H](O)[C@H]1C. The van der Waals surface area contributed by atoms with Crippen molar-refractivity contribution in [3.05, 3.63) is 48.6 Å². The first kappa shape index (κ1) is 37.6. The summed E-state index contributed by atoms with van der Waals surface area (Å²) >= 11 is 0. The van der Waals surface area contributed by atoms with Crippen molar-refractivity contribution in [1.29, 1.82) is 0 Å². The summed E-state index contributed by atoms with van der Waals surface area (Å²) in [7, 11) is 0. The Kier molecular flexibility index (Phi) is 15.7. The van der Waals surface area contributed by atoms with Gasteiger partial charge in [-0.15, -0.1) is 0 Å². The molecule has 9 heteroatoms. The highest BCUT2D eigenvalue weighted by Gasteiger charge is 2.41. The molecule has 0 aromatic heterocycles. The second kappa shape index (κ2) is 17.6. The lowest BCUT2D eigenvalue weighted by molar-refractivity contribution is -0.179. The zero-order chi connectivity index (χ0) is 32.3. The van der Waals surface area contributed by atoms with E-state index in [4.69, 9.17) is 15.2 Å². The number of hydrogen-bond acceptors (Lipinski definition) is 8. The molecule has 1 saturated heterocycles. The molecule has 1 amide bonds. The van der Waals surface area contributed by atoms with E-state index < -0.39 is 54.6 Å². The molecule has 0 aromatic rings. The van der Waals surface area contributed by atoms with Crippen LogP contribution < -0.4 is 5.73 Å². The maximum absolute atomic E-state index is 12.0. The minimum absolute atomic E-state index is 0.152. The van der Waals surface area contributed by atoms with Crippen molar-refractivity contribution in [3.63, 3.8) is 0 Å². The average molecular weight is 594 g/mol. The number of aliphatic hydroxyl groups is 4. The molecule has 0 aromatic carbocycles. The second-order valence-corrected chi connectivity index (χ2v) is 12.4. The van der Waals surface area contributed by atoms with Crippen LogP contribution in [0.25, 0.3) is 0 Å². The topological polar surface area (TPSA) is 160 Å². The minimum Gasteiger partial charge on any atom is -0.462 e. The van der Waals surface area contributed by atoms with Gasteiger partial charge in [-0.1, -0.05) is 90.2 Å². The molecule has 0 bridgehead atoms. The second-order valence-electron chi connectivity index (χ2n) is 12.4. The number of aliphatic hydroxyl groups excluding tert-OH is 4. The van der Waals surface area contributed by atoms with Gasteiger partial charge in [-0.3, -0.25) is 4.79 Å². The summed E-state index contributed by atoms with van der Waals surface area (Å²) in [4.78, 5) is 23.5. The summed E-state index contributed by atoms with van der Waals surface area (Å²) < 4.78 is 10.8. The molecule has 0 spiro atoms. The van der Waals surface area contributed by atoms with Crippen molar-refractivity contribution in [2.75, 3.05) is 0 Å². The normalized spacial score (nSPS) is 28.3. The third-order valence-electron chi connectivity index (χ3n) is 8.62. The maximum Gasteiger partial charge on any atom is 0.404 e. The predicted molar refractivity (Wildman–Crippen MR) is 164 cm³/mol. The van der Waals surface area contributed by atoms with Crippen LogP contribution in [-0.4, -0.2) is 69.1 Å². The van der Waals surface area contributed by atoms with Crippen LogP contribution in [0.15, 0.2) is 48.6 Å². The van der Waals surface area contributed by atoms with Gasteiger partial charge in [0.15, 0.2) is 0 Å². The summed E-state index contributed by atoms with van der Waals surface area (Å²) in [5, 5.41) is 42.8. The lowest BCUT2D eigenvalue weighted by Gasteiger charge is -2.36. The summed E-state index contributed by atoms with van der Waals surface area (Å²) in [5.41, 5.74) is 6.30. The Morgan fingerprint density at radius 2 is 1.64 bits per heavy atom. The number of amides is 1. The Labute approximate surface area is 252 Å². The first-order valence-electron chi connectivity index (χ1n) is 15.0. The highest BCUT2D eigenvalue weighted by molar-refractivity contribution is 5.73. The van der Waals surface area contributed by atoms with Crippen molar-refractivity contribution in [3.8, 4) is 0 Å². The monoisotopic (exact) mass is 593 g/mol. The number of allylic oxidation sites excluding steroid dienone is 3. The van der Waals surface area contributed by atoms with Gasteiger partial charge in [0.1, 0.15) is 12.2 Å². The number of carbonyl (C=O) groups is 2. The third kappa shape index (κ3) is 11.3. The van der Waals surface area contributed by atoms with Gasteiger partial charge >= 0.3 is 12.1 Å². The van der Waals surface area contributed by atoms with Gasteiger partial charge in [0, 0.05) is 36.0 Å². The molecule has 1 aliphatic heterocycles. The fourth-order valence-electron chi connectivity index (χ4n) is 5.80. The van der Waals surface area contributed by atoms with E-state index in [9.17, 15) is 30.0 Å². The summed E-state index contributed by atoms with van der Waals surface area (Å²) in [6.45, 7) is 18.5. The molecule has 0 aliphatic carbocycles. The maximum atomic E-state index is 12.0. The van der Waals surface area contributed by atoms with E-state index in [1.54, 1.807) is 38.2 Å². The highest BCUT2D eigenvalue weighted by atomic mass is 16.6. The van der Waals surface area contributed by atoms with Crippen LogP contribution in [0.4, 0.5) is 4.79 Å². The van der Waals surface area contributed by atoms with E-state index >= 15 is 0 Å².